The predicted octanol–water partition coefficient (Wildman–Crippen LogP) is 3.57. The summed E-state index contributed by atoms with van der Waals surface area (Å²) in [6.07, 6.45) is 0. The van der Waals surface area contributed by atoms with E-state index in [2.05, 4.69) is 0 Å². The molecule has 2 aromatic carbocycles. The van der Waals surface area contributed by atoms with Crippen LogP contribution in [0, 0.1) is 23.4 Å². The van der Waals surface area contributed by atoms with Crippen molar-refractivity contribution in [1.29, 1.82) is 0 Å². The maximum Gasteiger partial charge on any atom is 0.312 e. The van der Waals surface area contributed by atoms with E-state index in [1.165, 1.54) is 12.1 Å². The van der Waals surface area contributed by atoms with E-state index in [1.54, 1.807) is 6.07 Å². The lowest BCUT2D eigenvalue weighted by Gasteiger charge is -2.45. The van der Waals surface area contributed by atoms with Gasteiger partial charge in [-0.3, -0.25) is 0 Å². The summed E-state index contributed by atoms with van der Waals surface area (Å²) in [6, 6.07) is 7.12. The van der Waals surface area contributed by atoms with Gasteiger partial charge in [-0.05, 0) is 23.8 Å². The molecule has 0 radical (unpaired) electrons. The maximum atomic E-state index is 14.5. The van der Waals surface area contributed by atoms with Crippen molar-refractivity contribution >= 4 is 0 Å². The third-order valence-corrected chi connectivity index (χ3v) is 4.02. The summed E-state index contributed by atoms with van der Waals surface area (Å²) in [7, 11) is 0. The van der Waals surface area contributed by atoms with Gasteiger partial charge in [0.25, 0.3) is 0 Å². The third kappa shape index (κ3) is 2.52. The summed E-state index contributed by atoms with van der Waals surface area (Å²) < 4.78 is 57.8. The first-order chi connectivity index (χ1) is 11.1. The zero-order valence-corrected chi connectivity index (χ0v) is 12.0. The highest BCUT2D eigenvalue weighted by Crippen LogP contribution is 2.39. The zero-order valence-electron chi connectivity index (χ0n) is 12.0. The van der Waals surface area contributed by atoms with Crippen LogP contribution in [0.3, 0.4) is 0 Å². The van der Waals surface area contributed by atoms with Gasteiger partial charge in [0, 0.05) is 23.1 Å². The van der Waals surface area contributed by atoms with Crippen LogP contribution >= 0.6 is 0 Å². The van der Waals surface area contributed by atoms with Crippen LogP contribution in [0.2, 0.25) is 0 Å². The van der Waals surface area contributed by atoms with Gasteiger partial charge in [0.05, 0.1) is 19.8 Å². The molecule has 5 rings (SSSR count). The molecule has 0 unspecified atom stereocenters. The minimum Gasteiger partial charge on any atom is -0.323 e. The minimum absolute atomic E-state index is 0.0908. The molecule has 3 fully saturated rings. The Hall–Kier alpha value is -1.89. The molecule has 3 aliphatic rings. The van der Waals surface area contributed by atoms with E-state index in [1.807, 2.05) is 0 Å². The molecule has 120 valence electrons. The van der Waals surface area contributed by atoms with Crippen molar-refractivity contribution in [2.45, 2.75) is 5.97 Å². The topological polar surface area (TPSA) is 27.7 Å². The van der Waals surface area contributed by atoms with Crippen LogP contribution in [-0.2, 0) is 20.2 Å². The van der Waals surface area contributed by atoms with Gasteiger partial charge in [0.1, 0.15) is 17.5 Å². The van der Waals surface area contributed by atoms with Crippen molar-refractivity contribution in [2.24, 2.45) is 5.92 Å². The van der Waals surface area contributed by atoms with Gasteiger partial charge < -0.3 is 14.2 Å². The summed E-state index contributed by atoms with van der Waals surface area (Å²) >= 11 is 0. The lowest BCUT2D eigenvalue weighted by molar-refractivity contribution is -0.460. The fourth-order valence-corrected chi connectivity index (χ4v) is 2.85. The predicted molar refractivity (Wildman–Crippen MR) is 74.8 cm³/mol. The van der Waals surface area contributed by atoms with Crippen molar-refractivity contribution in [2.75, 3.05) is 19.8 Å². The molecule has 3 heterocycles. The molecule has 0 atom stereocenters. The summed E-state index contributed by atoms with van der Waals surface area (Å²) in [5, 5.41) is 0. The second-order valence-corrected chi connectivity index (χ2v) is 5.71. The number of rotatable bonds is 2. The molecule has 3 nitrogen and oxygen atoms in total. The number of hydrogen-bond donors (Lipinski definition) is 0. The molecular formula is C17H13F3O3. The van der Waals surface area contributed by atoms with Gasteiger partial charge in [-0.15, -0.1) is 0 Å². The van der Waals surface area contributed by atoms with Gasteiger partial charge in [-0.25, -0.2) is 13.2 Å². The average Bonchev–Trinajstić information content (AvgIpc) is 2.55. The maximum absolute atomic E-state index is 14.5. The Kier molecular flexibility index (Phi) is 3.41. The SMILES string of the molecule is Fc1cc(F)cc(-c2ccc(C34OCC(CO3)CO4)cc2F)c1. The van der Waals surface area contributed by atoms with Crippen LogP contribution in [0.4, 0.5) is 13.2 Å². The highest BCUT2D eigenvalue weighted by atomic mass is 19.1. The fraction of sp³-hybridized carbons (Fsp3) is 0.294. The van der Waals surface area contributed by atoms with Gasteiger partial charge in [-0.1, -0.05) is 12.1 Å². The molecule has 2 bridgehead atoms. The number of benzene rings is 2. The Labute approximate surface area is 130 Å². The van der Waals surface area contributed by atoms with E-state index in [9.17, 15) is 13.2 Å². The van der Waals surface area contributed by atoms with Crippen LogP contribution in [0.5, 0.6) is 0 Å². The highest BCUT2D eigenvalue weighted by Gasteiger charge is 2.46. The van der Waals surface area contributed by atoms with Gasteiger partial charge in [0.2, 0.25) is 0 Å². The summed E-state index contributed by atoms with van der Waals surface area (Å²) in [5.74, 6) is -3.35. The van der Waals surface area contributed by atoms with Crippen molar-refractivity contribution in [1.82, 2.24) is 0 Å². The van der Waals surface area contributed by atoms with Crippen molar-refractivity contribution in [3.63, 3.8) is 0 Å². The van der Waals surface area contributed by atoms with Crippen LogP contribution < -0.4 is 0 Å². The van der Waals surface area contributed by atoms with E-state index in [-0.39, 0.29) is 17.0 Å². The highest BCUT2D eigenvalue weighted by molar-refractivity contribution is 5.64. The number of halogens is 3. The first-order valence-corrected chi connectivity index (χ1v) is 7.24. The quantitative estimate of drug-likeness (QED) is 0.846. The smallest absolute Gasteiger partial charge is 0.312 e. The summed E-state index contributed by atoms with van der Waals surface area (Å²) in [4.78, 5) is 0. The van der Waals surface area contributed by atoms with Crippen LogP contribution in [0.15, 0.2) is 36.4 Å². The monoisotopic (exact) mass is 322 g/mol. The lowest BCUT2D eigenvalue weighted by Crippen LogP contribution is -2.51. The normalized spacial score (nSPS) is 26.5. The molecule has 0 amide bonds. The van der Waals surface area contributed by atoms with Crippen LogP contribution in [-0.4, -0.2) is 19.8 Å². The van der Waals surface area contributed by atoms with Gasteiger partial charge in [0.15, 0.2) is 0 Å². The molecule has 0 spiro atoms. The van der Waals surface area contributed by atoms with Crippen molar-refractivity contribution in [3.8, 4) is 11.1 Å². The fourth-order valence-electron chi connectivity index (χ4n) is 2.85. The van der Waals surface area contributed by atoms with E-state index < -0.39 is 23.4 Å². The minimum atomic E-state index is -1.39. The first-order valence-electron chi connectivity index (χ1n) is 7.24. The van der Waals surface area contributed by atoms with E-state index >= 15 is 0 Å². The Bertz CT molecular complexity index is 721. The Balaban J connectivity index is 1.72. The standard InChI is InChI=1S/C17H13F3O3/c18-13-3-11(4-14(19)6-13)15-2-1-12(5-16(15)20)17-21-7-10(8-22-17)9-23-17/h1-6,10H,7-9H2. The lowest BCUT2D eigenvalue weighted by atomic mass is 10.0. The Morgan fingerprint density at radius 3 is 2.00 bits per heavy atom. The second kappa shape index (κ2) is 5.33. The number of ether oxygens (including phenoxy) is 3. The summed E-state index contributed by atoms with van der Waals surface area (Å²) in [6.45, 7) is 1.45. The van der Waals surface area contributed by atoms with E-state index in [0.29, 0.717) is 25.4 Å². The van der Waals surface area contributed by atoms with E-state index in [4.69, 9.17) is 14.2 Å². The number of hydrogen-bond acceptors (Lipinski definition) is 3. The Morgan fingerprint density at radius 1 is 0.826 bits per heavy atom. The molecule has 3 aliphatic heterocycles. The number of fused-ring (bicyclic) bond motifs is 3. The third-order valence-electron chi connectivity index (χ3n) is 4.02. The molecule has 23 heavy (non-hydrogen) atoms. The summed E-state index contributed by atoms with van der Waals surface area (Å²) in [5.41, 5.74) is 0.598. The van der Waals surface area contributed by atoms with Crippen LogP contribution in [0.1, 0.15) is 5.56 Å². The molecular weight excluding hydrogens is 309 g/mol. The Morgan fingerprint density at radius 2 is 1.43 bits per heavy atom. The zero-order chi connectivity index (χ0) is 16.0. The molecule has 0 saturated carbocycles. The largest absolute Gasteiger partial charge is 0.323 e. The molecule has 3 saturated heterocycles. The van der Waals surface area contributed by atoms with Gasteiger partial charge >= 0.3 is 5.97 Å². The van der Waals surface area contributed by atoms with Crippen molar-refractivity contribution in [3.05, 3.63) is 59.4 Å². The molecule has 2 aromatic rings. The van der Waals surface area contributed by atoms with Gasteiger partial charge in [-0.2, -0.15) is 0 Å². The molecule has 6 heteroatoms. The van der Waals surface area contributed by atoms with Crippen molar-refractivity contribution < 1.29 is 27.4 Å². The molecule has 0 aliphatic carbocycles. The molecule has 0 N–H and O–H groups in total. The second-order valence-electron chi connectivity index (χ2n) is 5.71. The average molecular weight is 322 g/mol. The first kappa shape index (κ1) is 14.7. The molecule has 0 aromatic heterocycles. The van der Waals surface area contributed by atoms with E-state index in [0.717, 1.165) is 18.2 Å². The van der Waals surface area contributed by atoms with Crippen LogP contribution in [0.25, 0.3) is 11.1 Å².